The van der Waals surface area contributed by atoms with Crippen molar-refractivity contribution in [3.63, 3.8) is 0 Å². The number of aryl methyl sites for hydroxylation is 1. The van der Waals surface area contributed by atoms with E-state index in [-0.39, 0.29) is 5.57 Å². The Hall–Kier alpha value is -1.78. The molecule has 0 unspecified atom stereocenters. The Morgan fingerprint density at radius 2 is 2.12 bits per heavy atom. The van der Waals surface area contributed by atoms with E-state index in [0.717, 1.165) is 16.6 Å². The third-order valence-corrected chi connectivity index (χ3v) is 2.71. The number of anilines is 1. The van der Waals surface area contributed by atoms with E-state index in [1.54, 1.807) is 12.1 Å². The molecule has 0 aliphatic carbocycles. The second-order valence-corrected chi connectivity index (χ2v) is 3.95. The fourth-order valence-corrected chi connectivity index (χ4v) is 1.68. The molecule has 80 valence electrons. The highest BCUT2D eigenvalue weighted by molar-refractivity contribution is 9.10. The predicted octanol–water partition coefficient (Wildman–Crippen LogP) is 3.35. The minimum absolute atomic E-state index is 0.0477. The fourth-order valence-electron chi connectivity index (χ4n) is 1.14. The lowest BCUT2D eigenvalue weighted by Crippen LogP contribution is -1.92. The lowest BCUT2D eigenvalue weighted by molar-refractivity contribution is 1.14. The van der Waals surface area contributed by atoms with Gasteiger partial charge in [0, 0.05) is 10.7 Å². The zero-order valence-corrected chi connectivity index (χ0v) is 10.4. The number of nitrogens with one attached hydrogen (secondary N) is 1. The van der Waals surface area contributed by atoms with Gasteiger partial charge in [-0.15, -0.1) is 0 Å². The molecule has 0 bridgehead atoms. The molecule has 1 N–H and O–H groups in total. The summed E-state index contributed by atoms with van der Waals surface area (Å²) in [5, 5.41) is 20.0. The molecular weight excluding hydrogens is 266 g/mol. The largest absolute Gasteiger partial charge is 0.359 e. The van der Waals surface area contributed by atoms with Crippen LogP contribution in [0.3, 0.4) is 0 Å². The number of hydrogen-bond acceptors (Lipinski definition) is 3. The Bertz CT molecular complexity index is 476. The molecule has 0 saturated carbocycles. The van der Waals surface area contributed by atoms with Crippen LogP contribution in [-0.2, 0) is 6.42 Å². The third-order valence-electron chi connectivity index (χ3n) is 2.05. The van der Waals surface area contributed by atoms with E-state index in [1.165, 1.54) is 11.8 Å². The number of nitrogens with zero attached hydrogens (tertiary/aromatic N) is 2. The minimum Gasteiger partial charge on any atom is -0.359 e. The van der Waals surface area contributed by atoms with Crippen LogP contribution < -0.4 is 5.32 Å². The highest BCUT2D eigenvalue weighted by atomic mass is 79.9. The van der Waals surface area contributed by atoms with Crippen LogP contribution in [0.15, 0.2) is 34.4 Å². The van der Waals surface area contributed by atoms with E-state index < -0.39 is 0 Å². The summed E-state index contributed by atoms with van der Waals surface area (Å²) in [6, 6.07) is 9.49. The number of allylic oxidation sites excluding steroid dienone is 1. The van der Waals surface area contributed by atoms with Crippen LogP contribution in [0.25, 0.3) is 0 Å². The van der Waals surface area contributed by atoms with Crippen molar-refractivity contribution in [3.05, 3.63) is 40.0 Å². The van der Waals surface area contributed by atoms with Crippen LogP contribution in [-0.4, -0.2) is 0 Å². The van der Waals surface area contributed by atoms with E-state index in [4.69, 9.17) is 10.5 Å². The van der Waals surface area contributed by atoms with Gasteiger partial charge in [-0.2, -0.15) is 10.5 Å². The predicted molar refractivity (Wildman–Crippen MR) is 66.5 cm³/mol. The molecule has 4 heteroatoms. The van der Waals surface area contributed by atoms with Gasteiger partial charge in [0.05, 0.1) is 5.69 Å². The molecule has 0 amide bonds. The van der Waals surface area contributed by atoms with Crippen molar-refractivity contribution in [3.8, 4) is 12.1 Å². The molecule has 0 fully saturated rings. The minimum atomic E-state index is 0.0477. The van der Waals surface area contributed by atoms with E-state index in [0.29, 0.717) is 0 Å². The van der Waals surface area contributed by atoms with Gasteiger partial charge in [0.25, 0.3) is 0 Å². The monoisotopic (exact) mass is 275 g/mol. The van der Waals surface area contributed by atoms with Gasteiger partial charge in [0.15, 0.2) is 0 Å². The van der Waals surface area contributed by atoms with Crippen molar-refractivity contribution >= 4 is 21.6 Å². The highest BCUT2D eigenvalue weighted by Gasteiger charge is 1.99. The standard InChI is InChI=1S/C12H10BrN3/c1-2-9-3-4-12(11(13)5-9)16-8-10(6-14)7-15/h3-5,8,16H,2H2,1H3. The van der Waals surface area contributed by atoms with Gasteiger partial charge in [-0.1, -0.05) is 13.0 Å². The lowest BCUT2D eigenvalue weighted by Gasteiger charge is -2.05. The average molecular weight is 276 g/mol. The molecule has 1 rings (SSSR count). The van der Waals surface area contributed by atoms with Crippen LogP contribution in [0.2, 0.25) is 0 Å². The van der Waals surface area contributed by atoms with Crippen molar-refractivity contribution in [1.82, 2.24) is 0 Å². The van der Waals surface area contributed by atoms with E-state index in [9.17, 15) is 0 Å². The Morgan fingerprint density at radius 1 is 1.44 bits per heavy atom. The molecule has 3 nitrogen and oxygen atoms in total. The first-order valence-corrected chi connectivity index (χ1v) is 5.56. The van der Waals surface area contributed by atoms with E-state index >= 15 is 0 Å². The van der Waals surface area contributed by atoms with E-state index in [2.05, 4.69) is 28.2 Å². The van der Waals surface area contributed by atoms with Gasteiger partial charge < -0.3 is 5.32 Å². The van der Waals surface area contributed by atoms with Gasteiger partial charge in [-0.25, -0.2) is 0 Å². The quantitative estimate of drug-likeness (QED) is 0.861. The zero-order chi connectivity index (χ0) is 12.0. The zero-order valence-electron chi connectivity index (χ0n) is 8.79. The molecule has 1 aromatic rings. The summed E-state index contributed by atoms with van der Waals surface area (Å²) in [6.45, 7) is 2.08. The second kappa shape index (κ2) is 5.95. The van der Waals surface area contributed by atoms with Crippen LogP contribution in [0, 0.1) is 22.7 Å². The number of benzene rings is 1. The summed E-state index contributed by atoms with van der Waals surface area (Å²) in [4.78, 5) is 0. The third kappa shape index (κ3) is 3.12. The van der Waals surface area contributed by atoms with Crippen LogP contribution >= 0.6 is 15.9 Å². The molecule has 0 spiro atoms. The number of nitriles is 2. The normalized spacial score (nSPS) is 8.75. The summed E-state index contributed by atoms with van der Waals surface area (Å²) in [5.74, 6) is 0. The Morgan fingerprint density at radius 3 is 2.62 bits per heavy atom. The highest BCUT2D eigenvalue weighted by Crippen LogP contribution is 2.24. The molecule has 16 heavy (non-hydrogen) atoms. The Kier molecular flexibility index (Phi) is 4.57. The van der Waals surface area contributed by atoms with Crippen molar-refractivity contribution < 1.29 is 0 Å². The summed E-state index contributed by atoms with van der Waals surface area (Å²) in [5.41, 5.74) is 2.11. The van der Waals surface area contributed by atoms with Crippen LogP contribution in [0.4, 0.5) is 5.69 Å². The number of halogens is 1. The Labute approximate surface area is 103 Å². The molecular formula is C12H10BrN3. The van der Waals surface area contributed by atoms with Crippen LogP contribution in [0.1, 0.15) is 12.5 Å². The van der Waals surface area contributed by atoms with Crippen molar-refractivity contribution in [2.24, 2.45) is 0 Å². The van der Waals surface area contributed by atoms with Crippen molar-refractivity contribution in [2.45, 2.75) is 13.3 Å². The van der Waals surface area contributed by atoms with Crippen LogP contribution in [0.5, 0.6) is 0 Å². The average Bonchev–Trinajstić information content (AvgIpc) is 2.32. The maximum Gasteiger partial charge on any atom is 0.145 e. The Balaban J connectivity index is 2.88. The summed E-state index contributed by atoms with van der Waals surface area (Å²) in [6.07, 6.45) is 2.36. The molecule has 0 aromatic heterocycles. The van der Waals surface area contributed by atoms with Gasteiger partial charge >= 0.3 is 0 Å². The molecule has 0 atom stereocenters. The molecule has 0 saturated heterocycles. The first-order chi connectivity index (χ1) is 7.71. The molecule has 0 radical (unpaired) electrons. The first-order valence-electron chi connectivity index (χ1n) is 4.76. The summed E-state index contributed by atoms with van der Waals surface area (Å²) >= 11 is 3.42. The first kappa shape index (κ1) is 12.3. The van der Waals surface area contributed by atoms with Gasteiger partial charge in [-0.05, 0) is 40.0 Å². The molecule has 1 aromatic carbocycles. The molecule has 0 heterocycles. The smallest absolute Gasteiger partial charge is 0.145 e. The summed E-state index contributed by atoms with van der Waals surface area (Å²) < 4.78 is 0.915. The molecule has 0 aliphatic heterocycles. The summed E-state index contributed by atoms with van der Waals surface area (Å²) in [7, 11) is 0. The maximum absolute atomic E-state index is 8.56. The fraction of sp³-hybridized carbons (Fsp3) is 0.167. The second-order valence-electron chi connectivity index (χ2n) is 3.09. The van der Waals surface area contributed by atoms with E-state index in [1.807, 2.05) is 18.2 Å². The van der Waals surface area contributed by atoms with Gasteiger partial charge in [-0.3, -0.25) is 0 Å². The SMILES string of the molecule is CCc1ccc(NC=C(C#N)C#N)c(Br)c1. The number of rotatable bonds is 3. The van der Waals surface area contributed by atoms with Crippen molar-refractivity contribution in [2.75, 3.05) is 5.32 Å². The number of hydrogen-bond donors (Lipinski definition) is 1. The molecule has 0 aliphatic rings. The van der Waals surface area contributed by atoms with Gasteiger partial charge in [0.2, 0.25) is 0 Å². The lowest BCUT2D eigenvalue weighted by atomic mass is 10.1. The van der Waals surface area contributed by atoms with Crippen molar-refractivity contribution in [1.29, 1.82) is 10.5 Å². The topological polar surface area (TPSA) is 59.6 Å². The van der Waals surface area contributed by atoms with Gasteiger partial charge in [0.1, 0.15) is 17.7 Å². The maximum atomic E-state index is 8.56.